The number of anilines is 1. The van der Waals surface area contributed by atoms with Crippen LogP contribution in [0.4, 0.5) is 5.69 Å². The molecule has 0 spiro atoms. The van der Waals surface area contributed by atoms with Crippen LogP contribution in [-0.4, -0.2) is 5.91 Å². The number of aryl methyl sites for hydroxylation is 1. The minimum atomic E-state index is -0.147. The Balaban J connectivity index is 1.71. The van der Waals surface area contributed by atoms with Gasteiger partial charge in [0.2, 0.25) is 0 Å². The Bertz CT molecular complexity index is 811. The fraction of sp³-hybridized carbons (Fsp3) is 0.0952. The molecule has 3 nitrogen and oxygen atoms in total. The van der Waals surface area contributed by atoms with Crippen LogP contribution < -0.4 is 10.1 Å². The summed E-state index contributed by atoms with van der Waals surface area (Å²) < 4.78 is 5.86. The molecule has 0 unspecified atom stereocenters. The Morgan fingerprint density at radius 1 is 0.875 bits per heavy atom. The molecule has 3 aromatic rings. The third kappa shape index (κ3) is 4.02. The van der Waals surface area contributed by atoms with Gasteiger partial charge >= 0.3 is 0 Å². The van der Waals surface area contributed by atoms with Crippen molar-refractivity contribution >= 4 is 11.6 Å². The van der Waals surface area contributed by atoms with E-state index >= 15 is 0 Å². The second-order valence-corrected chi connectivity index (χ2v) is 5.59. The van der Waals surface area contributed by atoms with Crippen molar-refractivity contribution in [1.29, 1.82) is 0 Å². The van der Waals surface area contributed by atoms with Gasteiger partial charge in [0.05, 0.1) is 5.69 Å². The van der Waals surface area contributed by atoms with Gasteiger partial charge in [0.15, 0.2) is 0 Å². The number of carbonyl (C=O) groups is 1. The molecule has 0 bridgehead atoms. The Morgan fingerprint density at radius 2 is 1.54 bits per heavy atom. The second kappa shape index (κ2) is 7.47. The van der Waals surface area contributed by atoms with E-state index in [1.54, 1.807) is 0 Å². The van der Waals surface area contributed by atoms with Crippen molar-refractivity contribution in [2.45, 2.75) is 13.5 Å². The third-order valence-corrected chi connectivity index (χ3v) is 3.69. The van der Waals surface area contributed by atoms with E-state index < -0.39 is 0 Å². The third-order valence-electron chi connectivity index (χ3n) is 3.69. The van der Waals surface area contributed by atoms with E-state index in [1.807, 2.05) is 85.8 Å². The standard InChI is InChI=1S/C21H19NO2/c1-16-11-13-18(14-12-16)21(23)22-19-9-5-6-10-20(19)24-15-17-7-3-2-4-8-17/h2-14H,15H2,1H3,(H,22,23). The first-order chi connectivity index (χ1) is 11.7. The smallest absolute Gasteiger partial charge is 0.255 e. The molecule has 1 N–H and O–H groups in total. The van der Waals surface area contributed by atoms with Crippen molar-refractivity contribution in [2.75, 3.05) is 5.32 Å². The van der Waals surface area contributed by atoms with Crippen LogP contribution in [0.25, 0.3) is 0 Å². The SMILES string of the molecule is Cc1ccc(C(=O)Nc2ccccc2OCc2ccccc2)cc1. The van der Waals surface area contributed by atoms with E-state index in [2.05, 4.69) is 5.32 Å². The molecule has 0 aliphatic heterocycles. The Labute approximate surface area is 141 Å². The van der Waals surface area contributed by atoms with E-state index in [1.165, 1.54) is 0 Å². The van der Waals surface area contributed by atoms with Gasteiger partial charge in [-0.15, -0.1) is 0 Å². The van der Waals surface area contributed by atoms with E-state index in [0.717, 1.165) is 11.1 Å². The highest BCUT2D eigenvalue weighted by Crippen LogP contribution is 2.25. The summed E-state index contributed by atoms with van der Waals surface area (Å²) in [6.45, 7) is 2.45. The van der Waals surface area contributed by atoms with Crippen LogP contribution in [0.3, 0.4) is 0 Å². The van der Waals surface area contributed by atoms with Crippen LogP contribution in [-0.2, 0) is 6.61 Å². The first-order valence-electron chi connectivity index (χ1n) is 7.86. The summed E-state index contributed by atoms with van der Waals surface area (Å²) in [5.74, 6) is 0.507. The monoisotopic (exact) mass is 317 g/mol. The van der Waals surface area contributed by atoms with Gasteiger partial charge in [-0.2, -0.15) is 0 Å². The number of carbonyl (C=O) groups excluding carboxylic acids is 1. The lowest BCUT2D eigenvalue weighted by Gasteiger charge is -2.12. The number of hydrogen-bond acceptors (Lipinski definition) is 2. The first-order valence-corrected chi connectivity index (χ1v) is 7.86. The highest BCUT2D eigenvalue weighted by Gasteiger charge is 2.09. The van der Waals surface area contributed by atoms with Crippen molar-refractivity contribution in [3.63, 3.8) is 0 Å². The number of benzene rings is 3. The summed E-state index contributed by atoms with van der Waals surface area (Å²) in [7, 11) is 0. The molecule has 120 valence electrons. The summed E-state index contributed by atoms with van der Waals surface area (Å²) in [5.41, 5.74) is 3.49. The first kappa shape index (κ1) is 15.8. The molecule has 0 fully saturated rings. The minimum absolute atomic E-state index is 0.147. The van der Waals surface area contributed by atoms with Crippen molar-refractivity contribution in [2.24, 2.45) is 0 Å². The van der Waals surface area contributed by atoms with Gasteiger partial charge in [-0.25, -0.2) is 0 Å². The molecule has 3 heteroatoms. The fourth-order valence-electron chi connectivity index (χ4n) is 2.33. The predicted molar refractivity (Wildman–Crippen MR) is 96.3 cm³/mol. The van der Waals surface area contributed by atoms with Crippen LogP contribution in [0.15, 0.2) is 78.9 Å². The highest BCUT2D eigenvalue weighted by atomic mass is 16.5. The van der Waals surface area contributed by atoms with Crippen molar-refractivity contribution in [3.05, 3.63) is 95.6 Å². The maximum absolute atomic E-state index is 12.4. The number of ether oxygens (including phenoxy) is 1. The van der Waals surface area contributed by atoms with Gasteiger partial charge in [0.25, 0.3) is 5.91 Å². The van der Waals surface area contributed by atoms with Crippen molar-refractivity contribution < 1.29 is 9.53 Å². The zero-order valence-electron chi connectivity index (χ0n) is 13.5. The zero-order valence-corrected chi connectivity index (χ0v) is 13.5. The van der Waals surface area contributed by atoms with Gasteiger partial charge in [0, 0.05) is 5.56 Å². The summed E-state index contributed by atoms with van der Waals surface area (Å²) in [5, 5.41) is 2.92. The molecule has 0 saturated carbocycles. The normalized spacial score (nSPS) is 10.2. The molecule has 3 aromatic carbocycles. The number of rotatable bonds is 5. The molecule has 1 amide bonds. The molecular formula is C21H19NO2. The summed E-state index contributed by atoms with van der Waals surface area (Å²) in [6.07, 6.45) is 0. The van der Waals surface area contributed by atoms with Gasteiger partial charge in [-0.1, -0.05) is 60.2 Å². The molecule has 0 aromatic heterocycles. The molecule has 0 aliphatic rings. The van der Waals surface area contributed by atoms with E-state index in [0.29, 0.717) is 23.6 Å². The number of amides is 1. The Morgan fingerprint density at radius 3 is 2.29 bits per heavy atom. The lowest BCUT2D eigenvalue weighted by atomic mass is 10.1. The van der Waals surface area contributed by atoms with E-state index in [-0.39, 0.29) is 5.91 Å². The molecule has 0 heterocycles. The lowest BCUT2D eigenvalue weighted by Crippen LogP contribution is -2.12. The largest absolute Gasteiger partial charge is 0.487 e. The van der Waals surface area contributed by atoms with Gasteiger partial charge in [0.1, 0.15) is 12.4 Å². The average Bonchev–Trinajstić information content (AvgIpc) is 2.62. The van der Waals surface area contributed by atoms with Crippen LogP contribution in [0.1, 0.15) is 21.5 Å². The molecule has 3 rings (SSSR count). The molecular weight excluding hydrogens is 298 g/mol. The highest BCUT2D eigenvalue weighted by molar-refractivity contribution is 6.05. The van der Waals surface area contributed by atoms with Gasteiger partial charge < -0.3 is 10.1 Å². The van der Waals surface area contributed by atoms with Crippen LogP contribution in [0.2, 0.25) is 0 Å². The summed E-state index contributed by atoms with van der Waals surface area (Å²) >= 11 is 0. The van der Waals surface area contributed by atoms with Crippen LogP contribution >= 0.6 is 0 Å². The number of nitrogens with one attached hydrogen (secondary N) is 1. The zero-order chi connectivity index (χ0) is 16.8. The Kier molecular flexibility index (Phi) is 4.92. The minimum Gasteiger partial charge on any atom is -0.487 e. The van der Waals surface area contributed by atoms with Gasteiger partial charge in [-0.05, 0) is 36.8 Å². The molecule has 0 aliphatic carbocycles. The average molecular weight is 317 g/mol. The van der Waals surface area contributed by atoms with Crippen molar-refractivity contribution in [1.82, 2.24) is 0 Å². The number of para-hydroxylation sites is 2. The van der Waals surface area contributed by atoms with Crippen LogP contribution in [0, 0.1) is 6.92 Å². The van der Waals surface area contributed by atoms with E-state index in [4.69, 9.17) is 4.74 Å². The molecule has 0 atom stereocenters. The molecule has 24 heavy (non-hydrogen) atoms. The maximum atomic E-state index is 12.4. The maximum Gasteiger partial charge on any atom is 0.255 e. The lowest BCUT2D eigenvalue weighted by molar-refractivity contribution is 0.102. The summed E-state index contributed by atoms with van der Waals surface area (Å²) in [6, 6.07) is 24.9. The molecule has 0 saturated heterocycles. The number of hydrogen-bond donors (Lipinski definition) is 1. The second-order valence-electron chi connectivity index (χ2n) is 5.59. The van der Waals surface area contributed by atoms with Gasteiger partial charge in [-0.3, -0.25) is 4.79 Å². The van der Waals surface area contributed by atoms with E-state index in [9.17, 15) is 4.79 Å². The fourth-order valence-corrected chi connectivity index (χ4v) is 2.33. The quantitative estimate of drug-likeness (QED) is 0.732. The Hall–Kier alpha value is -3.07. The van der Waals surface area contributed by atoms with Crippen LogP contribution in [0.5, 0.6) is 5.75 Å². The topological polar surface area (TPSA) is 38.3 Å². The molecule has 0 radical (unpaired) electrons. The predicted octanol–water partition coefficient (Wildman–Crippen LogP) is 4.83. The summed E-state index contributed by atoms with van der Waals surface area (Å²) in [4.78, 5) is 12.4. The van der Waals surface area contributed by atoms with Crippen molar-refractivity contribution in [3.8, 4) is 5.75 Å².